The Morgan fingerprint density at radius 1 is 1.23 bits per heavy atom. The average molecular weight is 318 g/mol. The van der Waals surface area contributed by atoms with Crippen molar-refractivity contribution in [3.05, 3.63) is 58.1 Å². The molecule has 0 aliphatic carbocycles. The van der Waals surface area contributed by atoms with Gasteiger partial charge in [-0.05, 0) is 18.2 Å². The maximum absolute atomic E-state index is 12.3. The van der Waals surface area contributed by atoms with Crippen LogP contribution in [0.4, 0.5) is 0 Å². The Hall–Kier alpha value is -2.60. The second-order valence-electron chi connectivity index (χ2n) is 4.81. The number of hydrogen-bond donors (Lipinski definition) is 1. The van der Waals surface area contributed by atoms with Gasteiger partial charge in [0.1, 0.15) is 5.52 Å². The molecular weight excluding hydrogens is 306 g/mol. The summed E-state index contributed by atoms with van der Waals surface area (Å²) < 4.78 is 2.86. The van der Waals surface area contributed by atoms with Gasteiger partial charge in [-0.2, -0.15) is 5.10 Å². The Morgan fingerprint density at radius 3 is 2.64 bits per heavy atom. The number of aryl methyl sites for hydroxylation is 1. The van der Waals surface area contributed by atoms with Gasteiger partial charge in [0.2, 0.25) is 0 Å². The Balaban J connectivity index is 2.02. The van der Waals surface area contributed by atoms with E-state index in [0.717, 1.165) is 5.56 Å². The largest absolute Gasteiger partial charge is 0.481 e. The molecule has 0 atom stereocenters. The molecule has 6 nitrogen and oxygen atoms in total. The molecule has 22 heavy (non-hydrogen) atoms. The number of aliphatic carboxylic acids is 1. The molecule has 0 aliphatic heterocycles. The molecule has 112 valence electrons. The van der Waals surface area contributed by atoms with Crippen LogP contribution in [0.5, 0.6) is 0 Å². The first-order valence-electron chi connectivity index (χ1n) is 6.61. The zero-order chi connectivity index (χ0) is 15.7. The van der Waals surface area contributed by atoms with Gasteiger partial charge in [0.25, 0.3) is 5.56 Å². The number of aromatic nitrogens is 3. The van der Waals surface area contributed by atoms with Gasteiger partial charge in [-0.15, -0.1) is 0 Å². The van der Waals surface area contributed by atoms with Crippen molar-refractivity contribution in [3.63, 3.8) is 0 Å². The van der Waals surface area contributed by atoms with E-state index in [2.05, 4.69) is 5.10 Å². The van der Waals surface area contributed by atoms with E-state index < -0.39 is 5.97 Å². The summed E-state index contributed by atoms with van der Waals surface area (Å²) in [5, 5.41) is 13.7. The van der Waals surface area contributed by atoms with Gasteiger partial charge in [0.05, 0.1) is 12.1 Å². The number of carboxylic acids is 1. The fraction of sp³-hybridized carbons (Fsp3) is 0.133. The Bertz CT molecular complexity index is 897. The molecule has 0 amide bonds. The molecule has 2 aromatic heterocycles. The lowest BCUT2D eigenvalue weighted by molar-refractivity contribution is -0.137. The van der Waals surface area contributed by atoms with Crippen molar-refractivity contribution in [3.8, 4) is 11.3 Å². The molecule has 0 unspecified atom stereocenters. The first-order chi connectivity index (χ1) is 10.5. The highest BCUT2D eigenvalue weighted by Gasteiger charge is 2.09. The second-order valence-corrected chi connectivity index (χ2v) is 5.24. The molecule has 0 saturated heterocycles. The van der Waals surface area contributed by atoms with Crippen LogP contribution in [0.25, 0.3) is 16.8 Å². The van der Waals surface area contributed by atoms with Crippen LogP contribution in [-0.4, -0.2) is 25.3 Å². The van der Waals surface area contributed by atoms with Crippen LogP contribution in [0, 0.1) is 0 Å². The summed E-state index contributed by atoms with van der Waals surface area (Å²) in [6, 6.07) is 8.85. The van der Waals surface area contributed by atoms with E-state index in [4.69, 9.17) is 16.7 Å². The van der Waals surface area contributed by atoms with Gasteiger partial charge in [0.15, 0.2) is 0 Å². The molecule has 0 aliphatic rings. The lowest BCUT2D eigenvalue weighted by Crippen LogP contribution is -2.22. The van der Waals surface area contributed by atoms with Crippen molar-refractivity contribution in [2.45, 2.75) is 13.0 Å². The van der Waals surface area contributed by atoms with Gasteiger partial charge >= 0.3 is 5.97 Å². The van der Waals surface area contributed by atoms with E-state index in [-0.39, 0.29) is 18.5 Å². The van der Waals surface area contributed by atoms with Gasteiger partial charge in [-0.25, -0.2) is 4.52 Å². The molecule has 7 heteroatoms. The highest BCUT2D eigenvalue weighted by atomic mass is 35.5. The second kappa shape index (κ2) is 5.65. The third-order valence-corrected chi connectivity index (χ3v) is 3.56. The number of rotatable bonds is 4. The highest BCUT2D eigenvalue weighted by molar-refractivity contribution is 6.30. The van der Waals surface area contributed by atoms with Crippen LogP contribution in [0.15, 0.2) is 47.5 Å². The van der Waals surface area contributed by atoms with Crippen LogP contribution in [0.3, 0.4) is 0 Å². The minimum absolute atomic E-state index is 0.103. The summed E-state index contributed by atoms with van der Waals surface area (Å²) in [6.45, 7) is 0.131. The van der Waals surface area contributed by atoms with E-state index in [1.54, 1.807) is 24.4 Å². The topological polar surface area (TPSA) is 76.6 Å². The Morgan fingerprint density at radius 2 is 1.95 bits per heavy atom. The van der Waals surface area contributed by atoms with Gasteiger partial charge < -0.3 is 9.67 Å². The van der Waals surface area contributed by atoms with E-state index in [0.29, 0.717) is 16.2 Å². The maximum atomic E-state index is 12.3. The van der Waals surface area contributed by atoms with E-state index >= 15 is 0 Å². The molecule has 3 rings (SSSR count). The maximum Gasteiger partial charge on any atom is 0.305 e. The van der Waals surface area contributed by atoms with Crippen molar-refractivity contribution in [2.24, 2.45) is 0 Å². The van der Waals surface area contributed by atoms with Crippen LogP contribution in [-0.2, 0) is 11.3 Å². The quantitative estimate of drug-likeness (QED) is 0.801. The summed E-state index contributed by atoms with van der Waals surface area (Å²) in [5.41, 5.74) is 1.64. The van der Waals surface area contributed by atoms with Crippen molar-refractivity contribution in [1.82, 2.24) is 14.2 Å². The molecule has 2 heterocycles. The fourth-order valence-electron chi connectivity index (χ4n) is 2.18. The van der Waals surface area contributed by atoms with Crippen molar-refractivity contribution in [2.75, 3.05) is 0 Å². The summed E-state index contributed by atoms with van der Waals surface area (Å²) >= 11 is 5.86. The minimum Gasteiger partial charge on any atom is -0.481 e. The molecule has 0 bridgehead atoms. The van der Waals surface area contributed by atoms with Crippen LogP contribution < -0.4 is 5.56 Å². The monoisotopic (exact) mass is 317 g/mol. The lowest BCUT2D eigenvalue weighted by atomic mass is 10.1. The number of carbonyl (C=O) groups is 1. The van der Waals surface area contributed by atoms with Crippen LogP contribution in [0.2, 0.25) is 5.02 Å². The summed E-state index contributed by atoms with van der Waals surface area (Å²) in [6.07, 6.45) is 3.07. The van der Waals surface area contributed by atoms with E-state index in [1.165, 1.54) is 15.3 Å². The molecule has 1 aromatic carbocycles. The summed E-state index contributed by atoms with van der Waals surface area (Å²) in [4.78, 5) is 22.9. The normalized spacial score (nSPS) is 11.0. The first kappa shape index (κ1) is 14.3. The Kier molecular flexibility index (Phi) is 3.68. The van der Waals surface area contributed by atoms with Crippen molar-refractivity contribution < 1.29 is 9.90 Å². The molecule has 0 fully saturated rings. The molecular formula is C15H12ClN3O3. The lowest BCUT2D eigenvalue weighted by Gasteiger charge is -2.03. The standard InChI is InChI=1S/C15H12ClN3O3/c16-11-3-1-10(2-4-11)12-9-13-15(22)18(6-5-14(20)21)7-8-19(13)17-12/h1-4,7-9H,5-6H2,(H,20,21). The summed E-state index contributed by atoms with van der Waals surface area (Å²) in [5.74, 6) is -0.942. The predicted molar refractivity (Wildman–Crippen MR) is 82.2 cm³/mol. The smallest absolute Gasteiger partial charge is 0.305 e. The Labute approximate surface area is 130 Å². The molecule has 0 saturated carbocycles. The molecule has 0 spiro atoms. The van der Waals surface area contributed by atoms with E-state index in [9.17, 15) is 9.59 Å². The number of nitrogens with zero attached hydrogens (tertiary/aromatic N) is 3. The van der Waals surface area contributed by atoms with Gasteiger partial charge in [-0.1, -0.05) is 23.7 Å². The highest BCUT2D eigenvalue weighted by Crippen LogP contribution is 2.20. The number of halogens is 1. The summed E-state index contributed by atoms with van der Waals surface area (Å²) in [7, 11) is 0. The zero-order valence-electron chi connectivity index (χ0n) is 11.4. The predicted octanol–water partition coefficient (Wildman–Crippen LogP) is 2.29. The number of fused-ring (bicyclic) bond motifs is 1. The minimum atomic E-state index is -0.942. The van der Waals surface area contributed by atoms with Gasteiger partial charge in [-0.3, -0.25) is 9.59 Å². The average Bonchev–Trinajstić information content (AvgIpc) is 2.92. The van der Waals surface area contributed by atoms with Crippen molar-refractivity contribution in [1.29, 1.82) is 0 Å². The first-order valence-corrected chi connectivity index (χ1v) is 6.99. The molecule has 1 N–H and O–H groups in total. The number of carboxylic acid groups (broad SMARTS) is 1. The fourth-order valence-corrected chi connectivity index (χ4v) is 2.31. The zero-order valence-corrected chi connectivity index (χ0v) is 12.2. The number of benzene rings is 1. The number of hydrogen-bond acceptors (Lipinski definition) is 3. The van der Waals surface area contributed by atoms with Crippen molar-refractivity contribution >= 4 is 23.1 Å². The molecule has 0 radical (unpaired) electrons. The molecule has 3 aromatic rings. The third-order valence-electron chi connectivity index (χ3n) is 3.31. The van der Waals surface area contributed by atoms with Crippen LogP contribution in [0.1, 0.15) is 6.42 Å². The van der Waals surface area contributed by atoms with Crippen LogP contribution >= 0.6 is 11.6 Å². The third kappa shape index (κ3) is 2.73. The SMILES string of the molecule is O=C(O)CCn1ccn2nc(-c3ccc(Cl)cc3)cc2c1=O. The van der Waals surface area contributed by atoms with Gasteiger partial charge in [0, 0.05) is 29.5 Å². The van der Waals surface area contributed by atoms with E-state index in [1.807, 2.05) is 12.1 Å².